The highest BCUT2D eigenvalue weighted by Crippen LogP contribution is 2.09. The normalized spacial score (nSPS) is 10.5. The third kappa shape index (κ3) is 10.7. The van der Waals surface area contributed by atoms with Crippen LogP contribution in [0.4, 0.5) is 0 Å². The number of ketones is 1. The van der Waals surface area contributed by atoms with Gasteiger partial charge in [0.05, 0.1) is 0 Å². The van der Waals surface area contributed by atoms with Crippen LogP contribution >= 0.6 is 0 Å². The van der Waals surface area contributed by atoms with E-state index in [2.05, 4.69) is 31.2 Å². The van der Waals surface area contributed by atoms with Gasteiger partial charge in [0, 0.05) is 12.8 Å². The Morgan fingerprint density at radius 3 is 2.38 bits per heavy atom. The molecule has 116 valence electrons. The predicted molar refractivity (Wildman–Crippen MR) is 94.5 cm³/mol. The molecule has 0 aromatic heterocycles. The van der Waals surface area contributed by atoms with Crippen molar-refractivity contribution in [3.05, 3.63) is 35.9 Å². The number of unbranched alkanes of at least 4 members (excludes halogenated alkanes) is 3. The Hall–Kier alpha value is -0.578. The lowest BCUT2D eigenvalue weighted by molar-refractivity contribution is -0.119. The van der Waals surface area contributed by atoms with Gasteiger partial charge in [0.1, 0.15) is 5.78 Å². The van der Waals surface area contributed by atoms with Crippen molar-refractivity contribution in [1.82, 2.24) is 0 Å². The summed E-state index contributed by atoms with van der Waals surface area (Å²) < 4.78 is 0. The van der Waals surface area contributed by atoms with Crippen molar-refractivity contribution in [2.75, 3.05) is 0 Å². The molecular weight excluding hydrogens is 271 g/mol. The Kier molecular flexibility index (Phi) is 11.5. The van der Waals surface area contributed by atoms with Gasteiger partial charge in [0.15, 0.2) is 0 Å². The summed E-state index contributed by atoms with van der Waals surface area (Å²) in [6, 6.07) is 10.5. The van der Waals surface area contributed by atoms with E-state index in [-0.39, 0.29) is 15.2 Å². The van der Waals surface area contributed by atoms with Crippen molar-refractivity contribution in [1.29, 1.82) is 0 Å². The Morgan fingerprint density at radius 1 is 0.905 bits per heavy atom. The van der Waals surface area contributed by atoms with Gasteiger partial charge in [0.2, 0.25) is 15.2 Å². The molecule has 0 saturated heterocycles. The van der Waals surface area contributed by atoms with Gasteiger partial charge in [-0.2, -0.15) is 0 Å². The van der Waals surface area contributed by atoms with Crippen LogP contribution in [0, 0.1) is 0 Å². The molecule has 0 radical (unpaired) electrons. The maximum absolute atomic E-state index is 11.8. The summed E-state index contributed by atoms with van der Waals surface area (Å²) in [6.07, 6.45) is 10.4. The van der Waals surface area contributed by atoms with Crippen LogP contribution in [0.15, 0.2) is 30.3 Å². The smallest absolute Gasteiger partial charge is 0.236 e. The number of benzene rings is 1. The number of hydrogen-bond donors (Lipinski definition) is 0. The van der Waals surface area contributed by atoms with Gasteiger partial charge in [0.25, 0.3) is 0 Å². The second kappa shape index (κ2) is 13.1. The fourth-order valence-corrected chi connectivity index (χ4v) is 4.38. The molecule has 0 aliphatic carbocycles. The van der Waals surface area contributed by atoms with E-state index in [1.165, 1.54) is 41.8 Å². The zero-order valence-electron chi connectivity index (χ0n) is 13.8. The first kappa shape index (κ1) is 18.5. The second-order valence-corrected chi connectivity index (χ2v) is 8.22. The van der Waals surface area contributed by atoms with E-state index in [9.17, 15) is 4.79 Å². The summed E-state index contributed by atoms with van der Waals surface area (Å²) >= 11 is 0.127. The van der Waals surface area contributed by atoms with E-state index in [4.69, 9.17) is 0 Å². The molecule has 0 saturated carbocycles. The fourth-order valence-electron chi connectivity index (χ4n) is 2.72. The van der Waals surface area contributed by atoms with E-state index in [0.717, 1.165) is 32.1 Å². The lowest BCUT2D eigenvalue weighted by atomic mass is 10.1. The largest absolute Gasteiger partial charge is 0.300 e. The Morgan fingerprint density at radius 2 is 1.62 bits per heavy atom. The van der Waals surface area contributed by atoms with Gasteiger partial charge in [-0.15, -0.1) is 0 Å². The van der Waals surface area contributed by atoms with Crippen LogP contribution in [0.2, 0.25) is 10.6 Å². The Labute approximate surface area is 137 Å². The lowest BCUT2D eigenvalue weighted by Crippen LogP contribution is -2.00. The molecule has 2 heteroatoms. The van der Waals surface area contributed by atoms with Crippen molar-refractivity contribution < 1.29 is 4.79 Å². The molecule has 0 spiro atoms. The van der Waals surface area contributed by atoms with Crippen molar-refractivity contribution in [3.63, 3.8) is 0 Å². The molecule has 0 aliphatic rings. The van der Waals surface area contributed by atoms with Crippen molar-refractivity contribution in [2.45, 2.75) is 75.3 Å². The van der Waals surface area contributed by atoms with E-state index >= 15 is 0 Å². The quantitative estimate of drug-likeness (QED) is 0.361. The first-order valence-electron chi connectivity index (χ1n) is 8.88. The summed E-state index contributed by atoms with van der Waals surface area (Å²) in [5.74, 6) is 0.478. The molecule has 0 aliphatic heterocycles. The minimum atomic E-state index is 0.127. The van der Waals surface area contributed by atoms with Gasteiger partial charge < -0.3 is 0 Å². The number of hydrogen-bond acceptors (Lipinski definition) is 1. The third-order valence-corrected chi connectivity index (χ3v) is 6.07. The van der Waals surface area contributed by atoms with E-state index < -0.39 is 0 Å². The van der Waals surface area contributed by atoms with Gasteiger partial charge in [-0.05, 0) is 18.4 Å². The van der Waals surface area contributed by atoms with Crippen LogP contribution in [0.3, 0.4) is 0 Å². The molecule has 0 heterocycles. The molecule has 1 rings (SSSR count). The van der Waals surface area contributed by atoms with Crippen LogP contribution in [0.25, 0.3) is 0 Å². The number of Topliss-reactive ketones (excluding diaryl/α,β-unsaturated/α-hetero) is 1. The highest BCUT2D eigenvalue weighted by atomic mass is 27.1. The summed E-state index contributed by atoms with van der Waals surface area (Å²) in [5, 5.41) is 2.86. The van der Waals surface area contributed by atoms with Crippen molar-refractivity contribution >= 4 is 21.0 Å². The molecule has 1 aromatic carbocycles. The number of carbonyl (C=O) groups excluding carboxylic acids is 1. The predicted octanol–water partition coefficient (Wildman–Crippen LogP) is 5.21. The van der Waals surface area contributed by atoms with Gasteiger partial charge in [-0.1, -0.05) is 79.9 Å². The minimum Gasteiger partial charge on any atom is -0.300 e. The van der Waals surface area contributed by atoms with Crippen LogP contribution in [0.5, 0.6) is 0 Å². The van der Waals surface area contributed by atoms with Crippen LogP contribution in [-0.4, -0.2) is 21.0 Å². The topological polar surface area (TPSA) is 17.1 Å². The van der Waals surface area contributed by atoms with Crippen LogP contribution in [-0.2, 0) is 11.2 Å². The molecular formula is C19H31AlO. The first-order valence-corrected chi connectivity index (χ1v) is 10.9. The zero-order valence-corrected chi connectivity index (χ0v) is 15.2. The molecule has 0 unspecified atom stereocenters. The molecule has 0 fully saturated rings. The average molecular weight is 302 g/mol. The SMILES string of the molecule is CCCCC[CH2][AlH][CH2]CCC(=O)CCCc1ccccc1. The molecule has 0 bridgehead atoms. The third-order valence-electron chi connectivity index (χ3n) is 4.07. The highest BCUT2D eigenvalue weighted by Gasteiger charge is 2.03. The first-order chi connectivity index (χ1) is 10.3. The zero-order chi connectivity index (χ0) is 15.2. The van der Waals surface area contributed by atoms with Crippen molar-refractivity contribution in [3.8, 4) is 0 Å². The summed E-state index contributed by atoms with van der Waals surface area (Å²) in [5.41, 5.74) is 1.35. The monoisotopic (exact) mass is 302 g/mol. The molecule has 21 heavy (non-hydrogen) atoms. The molecule has 1 aromatic rings. The maximum Gasteiger partial charge on any atom is 0.236 e. The van der Waals surface area contributed by atoms with Crippen molar-refractivity contribution in [2.24, 2.45) is 0 Å². The molecule has 0 N–H and O–H groups in total. The van der Waals surface area contributed by atoms with Crippen LogP contribution in [0.1, 0.15) is 63.9 Å². The molecule has 0 amide bonds. The van der Waals surface area contributed by atoms with Crippen LogP contribution < -0.4 is 0 Å². The number of carbonyl (C=O) groups is 1. The highest BCUT2D eigenvalue weighted by molar-refractivity contribution is 6.35. The Bertz CT molecular complexity index is 361. The summed E-state index contributed by atoms with van der Waals surface area (Å²) in [6.45, 7) is 2.26. The van der Waals surface area contributed by atoms with E-state index in [1.54, 1.807) is 0 Å². The maximum atomic E-state index is 11.8. The Balaban J connectivity index is 1.90. The summed E-state index contributed by atoms with van der Waals surface area (Å²) in [4.78, 5) is 11.8. The second-order valence-electron chi connectivity index (χ2n) is 6.10. The minimum absolute atomic E-state index is 0.127. The van der Waals surface area contributed by atoms with Gasteiger partial charge >= 0.3 is 0 Å². The standard InChI is InChI=1S/C13H17O.C6H13.Al.H/c1-2-7-13(14)11-6-10-12-8-4-3-5-9-12;1-3-5-6-4-2;;/h3-5,8-9H,1-2,6-7,10-11H2;1,3-6H2,2H3;;. The number of aryl methyl sites for hydroxylation is 1. The average Bonchev–Trinajstić information content (AvgIpc) is 2.51. The number of rotatable bonds is 13. The fraction of sp³-hybridized carbons (Fsp3) is 0.632. The van der Waals surface area contributed by atoms with E-state index in [1.807, 2.05) is 6.07 Å². The molecule has 1 nitrogen and oxygen atoms in total. The van der Waals surface area contributed by atoms with E-state index in [0.29, 0.717) is 5.78 Å². The summed E-state index contributed by atoms with van der Waals surface area (Å²) in [7, 11) is 0. The lowest BCUT2D eigenvalue weighted by Gasteiger charge is -2.02. The van der Waals surface area contributed by atoms with Gasteiger partial charge in [-0.3, -0.25) is 4.79 Å². The molecule has 0 atom stereocenters. The van der Waals surface area contributed by atoms with Gasteiger partial charge in [-0.25, -0.2) is 0 Å².